The van der Waals surface area contributed by atoms with Crippen LogP contribution in [0.15, 0.2) is 34.0 Å². The van der Waals surface area contributed by atoms with Crippen LogP contribution in [0.4, 0.5) is 0 Å². The Morgan fingerprint density at radius 1 is 1.52 bits per heavy atom. The van der Waals surface area contributed by atoms with Crippen LogP contribution in [-0.2, 0) is 10.5 Å². The minimum atomic E-state index is -0.750. The predicted octanol–water partition coefficient (Wildman–Crippen LogP) is 3.81. The van der Waals surface area contributed by atoms with Crippen molar-refractivity contribution in [3.05, 3.63) is 46.5 Å². The van der Waals surface area contributed by atoms with E-state index in [4.69, 9.17) is 10.00 Å². The van der Waals surface area contributed by atoms with Crippen molar-refractivity contribution in [2.75, 3.05) is 0 Å². The molecule has 1 aromatic carbocycles. The number of aryl methyl sites for hydroxylation is 1. The van der Waals surface area contributed by atoms with Crippen molar-refractivity contribution in [1.82, 2.24) is 4.98 Å². The fourth-order valence-electron chi connectivity index (χ4n) is 1.63. The Hall–Kier alpha value is -1.84. The minimum absolute atomic E-state index is 0.462. The van der Waals surface area contributed by atoms with Crippen molar-refractivity contribution < 1.29 is 9.53 Å². The Balaban J connectivity index is 2.09. The highest BCUT2D eigenvalue weighted by Crippen LogP contribution is 2.27. The average molecular weight is 318 g/mol. The standard InChI is InChI=1S/C15H14N2O2S2/c1-10-8-20-15(17-10)21-9-12-5-3-4-6-13(12)14(18)19-11(2)7-16/h3-6,8,11H,9H2,1-2H3/t11-/m1/s1. The van der Waals surface area contributed by atoms with Gasteiger partial charge >= 0.3 is 5.97 Å². The first-order valence-electron chi connectivity index (χ1n) is 6.33. The van der Waals surface area contributed by atoms with E-state index < -0.39 is 12.1 Å². The predicted molar refractivity (Wildman–Crippen MR) is 83.3 cm³/mol. The van der Waals surface area contributed by atoms with E-state index in [-0.39, 0.29) is 0 Å². The highest BCUT2D eigenvalue weighted by atomic mass is 32.2. The number of thiazole rings is 1. The largest absolute Gasteiger partial charge is 0.444 e. The zero-order valence-electron chi connectivity index (χ0n) is 11.7. The molecule has 21 heavy (non-hydrogen) atoms. The topological polar surface area (TPSA) is 63.0 Å². The number of aromatic nitrogens is 1. The van der Waals surface area contributed by atoms with Crippen molar-refractivity contribution in [2.24, 2.45) is 0 Å². The summed E-state index contributed by atoms with van der Waals surface area (Å²) < 4.78 is 6.03. The van der Waals surface area contributed by atoms with Crippen LogP contribution in [0.3, 0.4) is 0 Å². The lowest BCUT2D eigenvalue weighted by atomic mass is 10.1. The Bertz CT molecular complexity index is 676. The molecular weight excluding hydrogens is 304 g/mol. The van der Waals surface area contributed by atoms with Crippen LogP contribution in [-0.4, -0.2) is 17.1 Å². The van der Waals surface area contributed by atoms with E-state index in [1.807, 2.05) is 30.5 Å². The summed E-state index contributed by atoms with van der Waals surface area (Å²) in [5.41, 5.74) is 2.38. The van der Waals surface area contributed by atoms with Gasteiger partial charge in [0.1, 0.15) is 10.4 Å². The van der Waals surface area contributed by atoms with Crippen molar-refractivity contribution in [3.8, 4) is 6.07 Å². The van der Waals surface area contributed by atoms with E-state index in [2.05, 4.69) is 4.98 Å². The zero-order valence-corrected chi connectivity index (χ0v) is 13.3. The van der Waals surface area contributed by atoms with E-state index in [1.165, 1.54) is 0 Å². The number of carbonyl (C=O) groups is 1. The normalized spacial score (nSPS) is 11.7. The van der Waals surface area contributed by atoms with E-state index in [1.54, 1.807) is 42.2 Å². The molecule has 0 aliphatic heterocycles. The molecule has 0 saturated carbocycles. The number of rotatable bonds is 5. The summed E-state index contributed by atoms with van der Waals surface area (Å²) in [6.07, 6.45) is -0.750. The number of carbonyl (C=O) groups excluding carboxylic acids is 1. The van der Waals surface area contributed by atoms with Crippen LogP contribution < -0.4 is 0 Å². The summed E-state index contributed by atoms with van der Waals surface area (Å²) in [5, 5.41) is 10.7. The third-order valence-electron chi connectivity index (χ3n) is 2.65. The second-order valence-corrected chi connectivity index (χ2v) is 6.46. The fraction of sp³-hybridized carbons (Fsp3) is 0.267. The van der Waals surface area contributed by atoms with E-state index >= 15 is 0 Å². The summed E-state index contributed by atoms with van der Waals surface area (Å²) in [7, 11) is 0. The number of hydrogen-bond donors (Lipinski definition) is 0. The van der Waals surface area contributed by atoms with E-state index in [0.29, 0.717) is 11.3 Å². The highest BCUT2D eigenvalue weighted by molar-refractivity contribution is 8.00. The first kappa shape index (κ1) is 15.5. The molecule has 2 aromatic rings. The lowest BCUT2D eigenvalue weighted by molar-refractivity contribution is 0.0434. The van der Waals surface area contributed by atoms with Crippen molar-refractivity contribution in [2.45, 2.75) is 30.0 Å². The van der Waals surface area contributed by atoms with E-state index in [9.17, 15) is 4.79 Å². The summed E-state index contributed by atoms with van der Waals surface area (Å²) in [4.78, 5) is 16.4. The first-order valence-corrected chi connectivity index (χ1v) is 8.20. The number of benzene rings is 1. The van der Waals surface area contributed by atoms with Crippen LogP contribution >= 0.6 is 23.1 Å². The van der Waals surface area contributed by atoms with Gasteiger partial charge in [0.25, 0.3) is 0 Å². The summed E-state index contributed by atoms with van der Waals surface area (Å²) in [6, 6.07) is 9.17. The number of nitrogens with zero attached hydrogens (tertiary/aromatic N) is 2. The van der Waals surface area contributed by atoms with Gasteiger partial charge < -0.3 is 4.74 Å². The SMILES string of the molecule is Cc1csc(SCc2ccccc2C(=O)O[C@H](C)C#N)n1. The van der Waals surface area contributed by atoms with Gasteiger partial charge in [-0.2, -0.15) is 5.26 Å². The van der Waals surface area contributed by atoms with Gasteiger partial charge in [-0.15, -0.1) is 11.3 Å². The smallest absolute Gasteiger partial charge is 0.339 e. The summed E-state index contributed by atoms with van der Waals surface area (Å²) in [5.74, 6) is 0.176. The van der Waals surface area contributed by atoms with Gasteiger partial charge in [-0.25, -0.2) is 9.78 Å². The molecule has 1 aromatic heterocycles. The maximum atomic E-state index is 12.1. The lowest BCUT2D eigenvalue weighted by Gasteiger charge is -2.09. The molecule has 6 heteroatoms. The van der Waals surface area contributed by atoms with Crippen LogP contribution in [0.5, 0.6) is 0 Å². The van der Waals surface area contributed by atoms with Crippen molar-refractivity contribution in [3.63, 3.8) is 0 Å². The van der Waals surface area contributed by atoms with Gasteiger partial charge in [0, 0.05) is 16.8 Å². The Labute approximate surface area is 131 Å². The third-order valence-corrected chi connectivity index (χ3v) is 4.84. The van der Waals surface area contributed by atoms with Gasteiger partial charge in [-0.3, -0.25) is 0 Å². The second-order valence-electron chi connectivity index (χ2n) is 4.38. The lowest BCUT2D eigenvalue weighted by Crippen LogP contribution is -2.14. The maximum absolute atomic E-state index is 12.1. The molecule has 0 aliphatic carbocycles. The number of hydrogen-bond acceptors (Lipinski definition) is 6. The minimum Gasteiger partial charge on any atom is -0.444 e. The fourth-order valence-corrected chi connectivity index (χ4v) is 3.49. The quantitative estimate of drug-likeness (QED) is 0.619. The molecule has 0 N–H and O–H groups in total. The molecule has 0 bridgehead atoms. The summed E-state index contributed by atoms with van der Waals surface area (Å²) >= 11 is 3.18. The van der Waals surface area contributed by atoms with E-state index in [0.717, 1.165) is 15.6 Å². The molecule has 4 nitrogen and oxygen atoms in total. The molecular formula is C15H14N2O2S2. The molecule has 0 radical (unpaired) electrons. The molecule has 0 unspecified atom stereocenters. The maximum Gasteiger partial charge on any atom is 0.339 e. The molecule has 1 atom stereocenters. The number of nitriles is 1. The second kappa shape index (κ2) is 7.25. The molecule has 2 rings (SSSR count). The third kappa shape index (κ3) is 4.31. The van der Waals surface area contributed by atoms with Crippen LogP contribution in [0, 0.1) is 18.3 Å². The Morgan fingerprint density at radius 3 is 2.95 bits per heavy atom. The molecule has 1 heterocycles. The highest BCUT2D eigenvalue weighted by Gasteiger charge is 2.15. The van der Waals surface area contributed by atoms with Crippen LogP contribution in [0.2, 0.25) is 0 Å². The zero-order chi connectivity index (χ0) is 15.2. The molecule has 0 saturated heterocycles. The number of ether oxygens (including phenoxy) is 1. The molecule has 108 valence electrons. The number of esters is 1. The van der Waals surface area contributed by atoms with Crippen LogP contribution in [0.1, 0.15) is 28.5 Å². The molecule has 0 spiro atoms. The van der Waals surface area contributed by atoms with Gasteiger partial charge in [0.15, 0.2) is 6.10 Å². The summed E-state index contributed by atoms with van der Waals surface area (Å²) in [6.45, 7) is 3.50. The average Bonchev–Trinajstić information content (AvgIpc) is 2.90. The van der Waals surface area contributed by atoms with Gasteiger partial charge in [0.05, 0.1) is 5.56 Å². The van der Waals surface area contributed by atoms with Gasteiger partial charge in [-0.1, -0.05) is 30.0 Å². The molecule has 0 fully saturated rings. The molecule has 0 amide bonds. The van der Waals surface area contributed by atoms with Crippen molar-refractivity contribution in [1.29, 1.82) is 5.26 Å². The van der Waals surface area contributed by atoms with Crippen molar-refractivity contribution >= 4 is 29.1 Å². The Kier molecular flexibility index (Phi) is 5.37. The number of thioether (sulfide) groups is 1. The Morgan fingerprint density at radius 2 is 2.29 bits per heavy atom. The molecule has 0 aliphatic rings. The first-order chi connectivity index (χ1) is 10.1. The monoisotopic (exact) mass is 318 g/mol. The van der Waals surface area contributed by atoms with Crippen LogP contribution in [0.25, 0.3) is 0 Å². The van der Waals surface area contributed by atoms with Gasteiger partial charge in [-0.05, 0) is 25.5 Å². The van der Waals surface area contributed by atoms with Gasteiger partial charge in [0.2, 0.25) is 0 Å².